The largest absolute Gasteiger partial charge is 0.497 e. The third-order valence-electron chi connectivity index (χ3n) is 2.87. The van der Waals surface area contributed by atoms with Crippen LogP contribution in [0.5, 0.6) is 5.75 Å². The molecule has 1 aliphatic carbocycles. The molecular formula is C16H17NO3. The summed E-state index contributed by atoms with van der Waals surface area (Å²) in [7, 11) is 1.63. The van der Waals surface area contributed by atoms with Crippen LogP contribution >= 0.6 is 0 Å². The maximum atomic E-state index is 11.1. The SMILES string of the molecule is COc1ccc(C=C2CC(N)=CC=C2OC(C)=O)cc1. The zero-order chi connectivity index (χ0) is 14.5. The van der Waals surface area contributed by atoms with Crippen molar-refractivity contribution in [1.29, 1.82) is 0 Å². The van der Waals surface area contributed by atoms with Crippen molar-refractivity contribution in [3.63, 3.8) is 0 Å². The number of hydrogen-bond acceptors (Lipinski definition) is 4. The molecule has 0 bridgehead atoms. The Morgan fingerprint density at radius 2 is 1.95 bits per heavy atom. The van der Waals surface area contributed by atoms with Gasteiger partial charge in [-0.05, 0) is 35.9 Å². The van der Waals surface area contributed by atoms with Gasteiger partial charge in [0.05, 0.1) is 7.11 Å². The highest BCUT2D eigenvalue weighted by atomic mass is 16.5. The molecule has 1 aromatic rings. The standard InChI is InChI=1S/C16H17NO3/c1-11(18)20-16-8-5-14(17)10-13(16)9-12-3-6-15(19-2)7-4-12/h3-9H,10,17H2,1-2H3. The van der Waals surface area contributed by atoms with E-state index in [1.54, 1.807) is 19.3 Å². The molecule has 4 nitrogen and oxygen atoms in total. The molecule has 0 unspecified atom stereocenters. The zero-order valence-corrected chi connectivity index (χ0v) is 11.6. The van der Waals surface area contributed by atoms with Crippen molar-refractivity contribution in [2.24, 2.45) is 5.73 Å². The van der Waals surface area contributed by atoms with Crippen molar-refractivity contribution in [3.05, 3.63) is 59.0 Å². The molecule has 4 heteroatoms. The van der Waals surface area contributed by atoms with Crippen molar-refractivity contribution >= 4 is 12.0 Å². The van der Waals surface area contributed by atoms with Gasteiger partial charge in [-0.15, -0.1) is 0 Å². The van der Waals surface area contributed by atoms with Gasteiger partial charge in [0.1, 0.15) is 11.5 Å². The van der Waals surface area contributed by atoms with Gasteiger partial charge in [0.2, 0.25) is 0 Å². The lowest BCUT2D eigenvalue weighted by Gasteiger charge is -2.15. The Morgan fingerprint density at radius 1 is 1.25 bits per heavy atom. The van der Waals surface area contributed by atoms with Gasteiger partial charge in [0.25, 0.3) is 0 Å². The van der Waals surface area contributed by atoms with E-state index in [9.17, 15) is 4.79 Å². The van der Waals surface area contributed by atoms with Crippen LogP contribution in [-0.4, -0.2) is 13.1 Å². The minimum atomic E-state index is -0.342. The maximum absolute atomic E-state index is 11.1. The molecule has 0 amide bonds. The highest BCUT2D eigenvalue weighted by Gasteiger charge is 2.14. The Morgan fingerprint density at radius 3 is 2.55 bits per heavy atom. The number of ether oxygens (including phenoxy) is 2. The Balaban J connectivity index is 2.28. The van der Waals surface area contributed by atoms with Crippen molar-refractivity contribution in [2.45, 2.75) is 13.3 Å². The number of carbonyl (C=O) groups is 1. The Bertz CT molecular complexity index is 595. The van der Waals surface area contributed by atoms with Crippen LogP contribution in [0.4, 0.5) is 0 Å². The first-order valence-electron chi connectivity index (χ1n) is 6.28. The molecule has 0 fully saturated rings. The number of nitrogens with two attached hydrogens (primary N) is 1. The van der Waals surface area contributed by atoms with E-state index >= 15 is 0 Å². The monoisotopic (exact) mass is 271 g/mol. The molecule has 0 radical (unpaired) electrons. The minimum Gasteiger partial charge on any atom is -0.497 e. The summed E-state index contributed by atoms with van der Waals surface area (Å²) in [5.74, 6) is 0.999. The van der Waals surface area contributed by atoms with Gasteiger partial charge < -0.3 is 15.2 Å². The Kier molecular flexibility index (Phi) is 4.25. The summed E-state index contributed by atoms with van der Waals surface area (Å²) in [5, 5.41) is 0. The second kappa shape index (κ2) is 6.10. The third kappa shape index (κ3) is 3.51. The van der Waals surface area contributed by atoms with Crippen molar-refractivity contribution in [1.82, 2.24) is 0 Å². The summed E-state index contributed by atoms with van der Waals surface area (Å²) in [5.41, 5.74) is 8.44. The van der Waals surface area contributed by atoms with Crippen LogP contribution in [0.1, 0.15) is 18.9 Å². The number of rotatable bonds is 3. The molecule has 2 N–H and O–H groups in total. The highest BCUT2D eigenvalue weighted by molar-refractivity contribution is 5.70. The first-order chi connectivity index (χ1) is 9.58. The lowest BCUT2D eigenvalue weighted by atomic mass is 10.00. The van der Waals surface area contributed by atoms with Crippen molar-refractivity contribution in [2.75, 3.05) is 7.11 Å². The van der Waals surface area contributed by atoms with E-state index in [0.29, 0.717) is 12.2 Å². The summed E-state index contributed by atoms with van der Waals surface area (Å²) < 4.78 is 10.3. The van der Waals surface area contributed by atoms with Gasteiger partial charge in [-0.25, -0.2) is 0 Å². The molecule has 0 saturated carbocycles. The fraction of sp³-hybridized carbons (Fsp3) is 0.188. The Labute approximate surface area is 118 Å². The molecule has 104 valence electrons. The predicted molar refractivity (Wildman–Crippen MR) is 77.7 cm³/mol. The highest BCUT2D eigenvalue weighted by Crippen LogP contribution is 2.26. The minimum absolute atomic E-state index is 0.342. The van der Waals surface area contributed by atoms with E-state index in [0.717, 1.165) is 22.6 Å². The quantitative estimate of drug-likeness (QED) is 0.859. The maximum Gasteiger partial charge on any atom is 0.308 e. The van der Waals surface area contributed by atoms with Crippen LogP contribution in [0.2, 0.25) is 0 Å². The van der Waals surface area contributed by atoms with Crippen LogP contribution in [0.25, 0.3) is 6.08 Å². The number of allylic oxidation sites excluding steroid dienone is 4. The molecular weight excluding hydrogens is 254 g/mol. The molecule has 0 heterocycles. The third-order valence-corrected chi connectivity index (χ3v) is 2.87. The van der Waals surface area contributed by atoms with Crippen LogP contribution in [0, 0.1) is 0 Å². The van der Waals surface area contributed by atoms with E-state index in [1.807, 2.05) is 30.3 Å². The second-order valence-electron chi connectivity index (χ2n) is 4.49. The molecule has 0 atom stereocenters. The molecule has 0 spiro atoms. The van der Waals surface area contributed by atoms with E-state index in [4.69, 9.17) is 15.2 Å². The molecule has 0 saturated heterocycles. The first-order valence-corrected chi connectivity index (χ1v) is 6.28. The van der Waals surface area contributed by atoms with Crippen LogP contribution in [0.3, 0.4) is 0 Å². The average Bonchev–Trinajstić information content (AvgIpc) is 2.42. The Hall–Kier alpha value is -2.49. The fourth-order valence-electron chi connectivity index (χ4n) is 1.93. The smallest absolute Gasteiger partial charge is 0.308 e. The number of hydrogen-bond donors (Lipinski definition) is 1. The molecule has 20 heavy (non-hydrogen) atoms. The van der Waals surface area contributed by atoms with Crippen LogP contribution in [-0.2, 0) is 9.53 Å². The second-order valence-corrected chi connectivity index (χ2v) is 4.49. The number of methoxy groups -OCH3 is 1. The molecule has 1 aliphatic rings. The van der Waals surface area contributed by atoms with E-state index in [2.05, 4.69) is 0 Å². The van der Waals surface area contributed by atoms with E-state index in [1.165, 1.54) is 6.92 Å². The average molecular weight is 271 g/mol. The summed E-state index contributed by atoms with van der Waals surface area (Å²) in [6.07, 6.45) is 5.98. The van der Waals surface area contributed by atoms with Gasteiger partial charge in [-0.3, -0.25) is 4.79 Å². The molecule has 0 aromatic heterocycles. The molecule has 1 aromatic carbocycles. The lowest BCUT2D eigenvalue weighted by molar-refractivity contribution is -0.136. The van der Waals surface area contributed by atoms with E-state index in [-0.39, 0.29) is 5.97 Å². The number of benzene rings is 1. The van der Waals surface area contributed by atoms with Crippen molar-refractivity contribution in [3.8, 4) is 5.75 Å². The van der Waals surface area contributed by atoms with Gasteiger partial charge in [0, 0.05) is 24.6 Å². The van der Waals surface area contributed by atoms with Gasteiger partial charge in [-0.2, -0.15) is 0 Å². The summed E-state index contributed by atoms with van der Waals surface area (Å²) in [6.45, 7) is 1.38. The first kappa shape index (κ1) is 13.9. The van der Waals surface area contributed by atoms with Crippen LogP contribution in [0.15, 0.2) is 53.4 Å². The molecule has 2 rings (SSSR count). The summed E-state index contributed by atoms with van der Waals surface area (Å²) in [6, 6.07) is 7.63. The molecule has 0 aliphatic heterocycles. The number of carbonyl (C=O) groups excluding carboxylic acids is 1. The topological polar surface area (TPSA) is 61.6 Å². The van der Waals surface area contributed by atoms with Crippen molar-refractivity contribution < 1.29 is 14.3 Å². The predicted octanol–water partition coefficient (Wildman–Crippen LogP) is 2.77. The summed E-state index contributed by atoms with van der Waals surface area (Å²) >= 11 is 0. The lowest BCUT2D eigenvalue weighted by Crippen LogP contribution is -2.09. The van der Waals surface area contributed by atoms with Gasteiger partial charge in [-0.1, -0.05) is 12.1 Å². The van der Waals surface area contributed by atoms with Crippen LogP contribution < -0.4 is 10.5 Å². The zero-order valence-electron chi connectivity index (χ0n) is 11.6. The van der Waals surface area contributed by atoms with E-state index < -0.39 is 0 Å². The van der Waals surface area contributed by atoms with Gasteiger partial charge in [0.15, 0.2) is 0 Å². The fourth-order valence-corrected chi connectivity index (χ4v) is 1.93. The normalized spacial score (nSPS) is 16.4. The van der Waals surface area contributed by atoms with Gasteiger partial charge >= 0.3 is 5.97 Å². The number of esters is 1. The summed E-state index contributed by atoms with van der Waals surface area (Å²) in [4.78, 5) is 11.1.